The van der Waals surface area contributed by atoms with E-state index in [1.807, 2.05) is 23.6 Å². The van der Waals surface area contributed by atoms with Crippen LogP contribution in [0.5, 0.6) is 0 Å². The first-order chi connectivity index (χ1) is 8.81. The second kappa shape index (κ2) is 4.76. The maximum Gasteiger partial charge on any atom is 0.0998 e. The molecule has 1 aliphatic heterocycles. The normalized spacial score (nSPS) is 17.4. The lowest BCUT2D eigenvalue weighted by Gasteiger charge is -2.39. The van der Waals surface area contributed by atoms with Crippen LogP contribution in [0.3, 0.4) is 0 Å². The van der Waals surface area contributed by atoms with Crippen LogP contribution in [0.4, 0.5) is 0 Å². The van der Waals surface area contributed by atoms with Gasteiger partial charge < -0.3 is 9.84 Å². The van der Waals surface area contributed by atoms with E-state index in [0.29, 0.717) is 13.2 Å². The molecule has 3 rings (SSSR count). The molecule has 0 radical (unpaired) electrons. The number of hydrogen-bond donors (Lipinski definition) is 1. The maximum atomic E-state index is 9.41. The Bertz CT molecular complexity index is 517. The first kappa shape index (κ1) is 11.8. The monoisotopic (exact) mass is 262 g/mol. The van der Waals surface area contributed by atoms with Gasteiger partial charge in [0.1, 0.15) is 0 Å². The Labute approximate surface area is 109 Å². The molecule has 3 heterocycles. The third-order valence-corrected chi connectivity index (χ3v) is 4.01. The van der Waals surface area contributed by atoms with E-state index in [-0.39, 0.29) is 12.0 Å². The second-order valence-corrected chi connectivity index (χ2v) is 5.61. The Morgan fingerprint density at radius 1 is 1.33 bits per heavy atom. The number of aliphatic hydroxyl groups is 1. The van der Waals surface area contributed by atoms with E-state index >= 15 is 0 Å². The summed E-state index contributed by atoms with van der Waals surface area (Å²) in [5.41, 5.74) is 1.69. The number of aliphatic hydroxyl groups excluding tert-OH is 1. The van der Waals surface area contributed by atoms with E-state index in [2.05, 4.69) is 9.97 Å². The average Bonchev–Trinajstić information content (AvgIpc) is 2.83. The van der Waals surface area contributed by atoms with Gasteiger partial charge in [-0.2, -0.15) is 0 Å². The summed E-state index contributed by atoms with van der Waals surface area (Å²) in [6.45, 7) is 1.41. The van der Waals surface area contributed by atoms with Crippen molar-refractivity contribution in [3.63, 3.8) is 0 Å². The van der Waals surface area contributed by atoms with Crippen molar-refractivity contribution in [2.45, 2.75) is 6.42 Å². The fourth-order valence-corrected chi connectivity index (χ4v) is 2.95. The molecule has 0 unspecified atom stereocenters. The molecule has 0 atom stereocenters. The summed E-state index contributed by atoms with van der Waals surface area (Å²) in [4.78, 5) is 8.87. The molecular formula is C13H14N2O2S. The lowest BCUT2D eigenvalue weighted by molar-refractivity contribution is -0.136. The van der Waals surface area contributed by atoms with E-state index in [4.69, 9.17) is 4.74 Å². The van der Waals surface area contributed by atoms with Crippen molar-refractivity contribution in [2.24, 2.45) is 5.41 Å². The van der Waals surface area contributed by atoms with Crippen molar-refractivity contribution in [1.29, 1.82) is 0 Å². The molecule has 0 bridgehead atoms. The largest absolute Gasteiger partial charge is 0.396 e. The van der Waals surface area contributed by atoms with E-state index in [1.165, 1.54) is 0 Å². The van der Waals surface area contributed by atoms with Crippen molar-refractivity contribution in [3.8, 4) is 11.4 Å². The van der Waals surface area contributed by atoms with Crippen molar-refractivity contribution in [2.75, 3.05) is 19.8 Å². The van der Waals surface area contributed by atoms with Crippen LogP contribution in [0.1, 0.15) is 5.01 Å². The molecule has 2 aromatic heterocycles. The lowest BCUT2D eigenvalue weighted by Crippen LogP contribution is -2.47. The highest BCUT2D eigenvalue weighted by Crippen LogP contribution is 2.33. The molecule has 1 N–H and O–H groups in total. The van der Waals surface area contributed by atoms with Crippen LogP contribution in [0.2, 0.25) is 0 Å². The minimum Gasteiger partial charge on any atom is -0.396 e. The molecule has 0 aliphatic carbocycles. The Kier molecular flexibility index (Phi) is 3.11. The van der Waals surface area contributed by atoms with Gasteiger partial charge in [0.25, 0.3) is 0 Å². The summed E-state index contributed by atoms with van der Waals surface area (Å²) in [5.74, 6) is 0. The summed E-state index contributed by atoms with van der Waals surface area (Å²) in [5, 5.41) is 12.5. The van der Waals surface area contributed by atoms with Crippen molar-refractivity contribution in [3.05, 3.63) is 34.8 Å². The molecule has 4 nitrogen and oxygen atoms in total. The average molecular weight is 262 g/mol. The Morgan fingerprint density at radius 2 is 2.22 bits per heavy atom. The maximum absolute atomic E-state index is 9.41. The van der Waals surface area contributed by atoms with E-state index < -0.39 is 0 Å². The highest BCUT2D eigenvalue weighted by molar-refractivity contribution is 7.09. The van der Waals surface area contributed by atoms with Gasteiger partial charge in [-0.3, -0.25) is 4.98 Å². The summed E-state index contributed by atoms with van der Waals surface area (Å²) in [7, 11) is 0. The van der Waals surface area contributed by atoms with E-state index in [0.717, 1.165) is 22.8 Å². The molecule has 0 saturated carbocycles. The molecular weight excluding hydrogens is 248 g/mol. The minimum absolute atomic E-state index is 0.112. The SMILES string of the molecule is OCC1(Cc2nc(-c3ccccn3)cs2)COC1. The van der Waals surface area contributed by atoms with Crippen LogP contribution in [0.15, 0.2) is 29.8 Å². The van der Waals surface area contributed by atoms with Crippen molar-refractivity contribution in [1.82, 2.24) is 9.97 Å². The quantitative estimate of drug-likeness (QED) is 0.912. The number of pyridine rings is 1. The molecule has 5 heteroatoms. The van der Waals surface area contributed by atoms with E-state index in [9.17, 15) is 5.11 Å². The summed E-state index contributed by atoms with van der Waals surface area (Å²) >= 11 is 1.62. The predicted octanol–water partition coefficient (Wildman–Crippen LogP) is 1.76. The van der Waals surface area contributed by atoms with Crippen LogP contribution in [0, 0.1) is 5.41 Å². The summed E-state index contributed by atoms with van der Waals surface area (Å²) in [6, 6.07) is 5.80. The van der Waals surface area contributed by atoms with E-state index in [1.54, 1.807) is 17.5 Å². The number of hydrogen-bond acceptors (Lipinski definition) is 5. The number of ether oxygens (including phenoxy) is 1. The molecule has 1 aliphatic rings. The van der Waals surface area contributed by atoms with Crippen LogP contribution in [-0.2, 0) is 11.2 Å². The second-order valence-electron chi connectivity index (χ2n) is 4.67. The highest BCUT2D eigenvalue weighted by Gasteiger charge is 2.38. The van der Waals surface area contributed by atoms with Gasteiger partial charge in [0, 0.05) is 23.4 Å². The number of aromatic nitrogens is 2. The molecule has 1 fully saturated rings. The number of rotatable bonds is 4. The first-order valence-corrected chi connectivity index (χ1v) is 6.74. The standard InChI is InChI=1S/C13H14N2O2S/c16-7-13(8-17-9-13)5-12-15-11(6-18-12)10-3-1-2-4-14-10/h1-4,6,16H,5,7-9H2. The van der Waals surface area contributed by atoms with Gasteiger partial charge in [-0.15, -0.1) is 11.3 Å². The van der Waals surface area contributed by atoms with Crippen LogP contribution >= 0.6 is 11.3 Å². The van der Waals surface area contributed by atoms with Crippen molar-refractivity contribution >= 4 is 11.3 Å². The summed E-state index contributed by atoms with van der Waals surface area (Å²) in [6.07, 6.45) is 2.55. The topological polar surface area (TPSA) is 55.2 Å². The number of thiazole rings is 1. The molecule has 1 saturated heterocycles. The molecule has 0 spiro atoms. The van der Waals surface area contributed by atoms with Crippen LogP contribution in [0.25, 0.3) is 11.4 Å². The first-order valence-electron chi connectivity index (χ1n) is 5.86. The minimum atomic E-state index is -0.112. The van der Waals surface area contributed by atoms with Gasteiger partial charge >= 0.3 is 0 Å². The Hall–Kier alpha value is -1.30. The fraction of sp³-hybridized carbons (Fsp3) is 0.385. The van der Waals surface area contributed by atoms with Gasteiger partial charge in [0.05, 0.1) is 36.2 Å². The molecule has 0 amide bonds. The fourth-order valence-electron chi connectivity index (χ4n) is 1.98. The zero-order valence-electron chi connectivity index (χ0n) is 9.87. The van der Waals surface area contributed by atoms with Crippen LogP contribution in [-0.4, -0.2) is 34.9 Å². The van der Waals surface area contributed by atoms with Gasteiger partial charge in [-0.1, -0.05) is 6.07 Å². The predicted molar refractivity (Wildman–Crippen MR) is 69.4 cm³/mol. The molecule has 94 valence electrons. The summed E-state index contributed by atoms with van der Waals surface area (Å²) < 4.78 is 5.20. The van der Waals surface area contributed by atoms with Gasteiger partial charge in [0.15, 0.2) is 0 Å². The Morgan fingerprint density at radius 3 is 2.83 bits per heavy atom. The molecule has 18 heavy (non-hydrogen) atoms. The Balaban J connectivity index is 1.78. The third-order valence-electron chi connectivity index (χ3n) is 3.16. The van der Waals surface area contributed by atoms with Gasteiger partial charge in [0.2, 0.25) is 0 Å². The van der Waals surface area contributed by atoms with Gasteiger partial charge in [-0.05, 0) is 12.1 Å². The lowest BCUT2D eigenvalue weighted by atomic mass is 9.84. The van der Waals surface area contributed by atoms with Crippen LogP contribution < -0.4 is 0 Å². The zero-order valence-corrected chi connectivity index (χ0v) is 10.7. The van der Waals surface area contributed by atoms with Crippen molar-refractivity contribution < 1.29 is 9.84 Å². The molecule has 0 aromatic carbocycles. The zero-order chi connectivity index (χ0) is 12.4. The smallest absolute Gasteiger partial charge is 0.0998 e. The number of nitrogens with zero attached hydrogens (tertiary/aromatic N) is 2. The highest BCUT2D eigenvalue weighted by atomic mass is 32.1. The third kappa shape index (κ3) is 2.16. The van der Waals surface area contributed by atoms with Gasteiger partial charge in [-0.25, -0.2) is 4.98 Å². The molecule has 2 aromatic rings.